The Kier molecular flexibility index (Phi) is 5.55. The molecule has 0 saturated heterocycles. The van der Waals surface area contributed by atoms with Crippen LogP contribution in [0.3, 0.4) is 0 Å². The average Bonchev–Trinajstić information content (AvgIpc) is 2.54. The molecule has 0 aromatic heterocycles. The Hall–Kier alpha value is -1.88. The van der Waals surface area contributed by atoms with E-state index in [9.17, 15) is 9.59 Å². The summed E-state index contributed by atoms with van der Waals surface area (Å²) in [5.41, 5.74) is 0.545. The standard InChI is InChI=1S/C17H18BrNO3/c1-3-6-15(17(21)22-2)19-16(20)13-9-10-14(18)12-8-5-4-7-11(12)13/h4-5,7-10,15H,3,6H2,1-2H3,(H,19,20)/t15-/m1/s1. The number of hydrogen-bond acceptors (Lipinski definition) is 3. The first-order valence-corrected chi connectivity index (χ1v) is 7.93. The third kappa shape index (κ3) is 3.47. The lowest BCUT2D eigenvalue weighted by atomic mass is 10.0. The highest BCUT2D eigenvalue weighted by atomic mass is 79.9. The minimum atomic E-state index is -0.620. The predicted molar refractivity (Wildman–Crippen MR) is 89.8 cm³/mol. The number of halogens is 1. The van der Waals surface area contributed by atoms with Crippen molar-refractivity contribution < 1.29 is 14.3 Å². The van der Waals surface area contributed by atoms with Gasteiger partial charge in [0.1, 0.15) is 6.04 Å². The molecular weight excluding hydrogens is 346 g/mol. The van der Waals surface area contributed by atoms with E-state index in [1.165, 1.54) is 7.11 Å². The van der Waals surface area contributed by atoms with E-state index in [4.69, 9.17) is 4.74 Å². The van der Waals surface area contributed by atoms with Gasteiger partial charge in [0.25, 0.3) is 5.91 Å². The molecule has 1 N–H and O–H groups in total. The first kappa shape index (κ1) is 16.5. The summed E-state index contributed by atoms with van der Waals surface area (Å²) < 4.78 is 5.68. The second-order valence-electron chi connectivity index (χ2n) is 4.98. The predicted octanol–water partition coefficient (Wildman–Crippen LogP) is 3.67. The first-order chi connectivity index (χ1) is 10.6. The van der Waals surface area contributed by atoms with E-state index in [0.29, 0.717) is 12.0 Å². The summed E-state index contributed by atoms with van der Waals surface area (Å²) in [4.78, 5) is 24.3. The molecule has 0 radical (unpaired) electrons. The van der Waals surface area contributed by atoms with Crippen LogP contribution in [0.15, 0.2) is 40.9 Å². The third-order valence-electron chi connectivity index (χ3n) is 3.48. The summed E-state index contributed by atoms with van der Waals surface area (Å²) in [5, 5.41) is 4.57. The summed E-state index contributed by atoms with van der Waals surface area (Å²) >= 11 is 3.48. The Morgan fingerprint density at radius 2 is 1.86 bits per heavy atom. The number of nitrogens with one attached hydrogen (secondary N) is 1. The van der Waals surface area contributed by atoms with E-state index in [0.717, 1.165) is 21.7 Å². The number of fused-ring (bicyclic) bond motifs is 1. The molecule has 0 unspecified atom stereocenters. The van der Waals surface area contributed by atoms with Gasteiger partial charge in [0, 0.05) is 10.0 Å². The molecule has 2 aromatic rings. The number of benzene rings is 2. The van der Waals surface area contributed by atoms with E-state index in [1.54, 1.807) is 6.07 Å². The summed E-state index contributed by atoms with van der Waals surface area (Å²) in [5.74, 6) is -0.691. The Bertz CT molecular complexity index is 699. The number of carbonyl (C=O) groups excluding carboxylic acids is 2. The molecule has 4 nitrogen and oxygen atoms in total. The van der Waals surface area contributed by atoms with Gasteiger partial charge >= 0.3 is 5.97 Å². The summed E-state index contributed by atoms with van der Waals surface area (Å²) in [6, 6.07) is 10.6. The Labute approximate surface area is 138 Å². The molecule has 0 bridgehead atoms. The van der Waals surface area contributed by atoms with E-state index < -0.39 is 12.0 Å². The van der Waals surface area contributed by atoms with Crippen molar-refractivity contribution >= 4 is 38.6 Å². The van der Waals surface area contributed by atoms with Crippen LogP contribution in [0.2, 0.25) is 0 Å². The summed E-state index contributed by atoms with van der Waals surface area (Å²) in [6.45, 7) is 1.96. The second-order valence-corrected chi connectivity index (χ2v) is 5.83. The number of methoxy groups -OCH3 is 1. The van der Waals surface area contributed by atoms with Gasteiger partial charge in [-0.3, -0.25) is 4.79 Å². The molecule has 0 fully saturated rings. The minimum Gasteiger partial charge on any atom is -0.467 e. The maximum Gasteiger partial charge on any atom is 0.328 e. The Morgan fingerprint density at radius 1 is 1.18 bits per heavy atom. The van der Waals surface area contributed by atoms with E-state index in [1.807, 2.05) is 37.3 Å². The molecular formula is C17H18BrNO3. The van der Waals surface area contributed by atoms with Gasteiger partial charge in [-0.2, -0.15) is 0 Å². The van der Waals surface area contributed by atoms with Crippen molar-refractivity contribution in [2.24, 2.45) is 0 Å². The topological polar surface area (TPSA) is 55.4 Å². The smallest absolute Gasteiger partial charge is 0.328 e. The number of rotatable bonds is 5. The summed E-state index contributed by atoms with van der Waals surface area (Å²) in [7, 11) is 1.33. The van der Waals surface area contributed by atoms with Crippen LogP contribution in [-0.4, -0.2) is 25.0 Å². The normalized spacial score (nSPS) is 12.0. The maximum atomic E-state index is 12.5. The lowest BCUT2D eigenvalue weighted by molar-refractivity contribution is -0.143. The van der Waals surface area contributed by atoms with Gasteiger partial charge in [-0.1, -0.05) is 53.5 Å². The summed E-state index contributed by atoms with van der Waals surface area (Å²) in [6.07, 6.45) is 1.33. The van der Waals surface area contributed by atoms with Crippen LogP contribution in [0, 0.1) is 0 Å². The molecule has 0 spiro atoms. The van der Waals surface area contributed by atoms with Crippen molar-refractivity contribution in [2.45, 2.75) is 25.8 Å². The molecule has 0 saturated carbocycles. The fraction of sp³-hybridized carbons (Fsp3) is 0.294. The van der Waals surface area contributed by atoms with E-state index in [2.05, 4.69) is 21.2 Å². The number of amides is 1. The van der Waals surface area contributed by atoms with Crippen LogP contribution in [0.1, 0.15) is 30.1 Å². The van der Waals surface area contributed by atoms with Crippen LogP contribution in [-0.2, 0) is 9.53 Å². The van der Waals surface area contributed by atoms with Gasteiger partial charge in [0.15, 0.2) is 0 Å². The zero-order valence-corrected chi connectivity index (χ0v) is 14.1. The maximum absolute atomic E-state index is 12.5. The number of carbonyl (C=O) groups is 2. The van der Waals surface area contributed by atoms with Gasteiger partial charge in [-0.25, -0.2) is 4.79 Å². The van der Waals surface area contributed by atoms with Crippen LogP contribution >= 0.6 is 15.9 Å². The molecule has 1 amide bonds. The highest BCUT2D eigenvalue weighted by Gasteiger charge is 2.22. The fourth-order valence-electron chi connectivity index (χ4n) is 2.38. The molecule has 1 atom stereocenters. The average molecular weight is 364 g/mol. The van der Waals surface area contributed by atoms with Gasteiger partial charge in [0.05, 0.1) is 7.11 Å². The van der Waals surface area contributed by atoms with Crippen LogP contribution in [0.25, 0.3) is 10.8 Å². The molecule has 0 aliphatic heterocycles. The first-order valence-electron chi connectivity index (χ1n) is 7.14. The molecule has 0 heterocycles. The zero-order valence-electron chi connectivity index (χ0n) is 12.6. The van der Waals surface area contributed by atoms with Crippen molar-refractivity contribution in [1.29, 1.82) is 0 Å². The fourth-order valence-corrected chi connectivity index (χ4v) is 2.85. The van der Waals surface area contributed by atoms with Crippen molar-refractivity contribution in [3.05, 3.63) is 46.4 Å². The Morgan fingerprint density at radius 3 is 2.50 bits per heavy atom. The van der Waals surface area contributed by atoms with Crippen LogP contribution in [0.4, 0.5) is 0 Å². The van der Waals surface area contributed by atoms with Gasteiger partial charge in [0.2, 0.25) is 0 Å². The SMILES string of the molecule is CCC[C@@H](NC(=O)c1ccc(Br)c2ccccc12)C(=O)OC. The lowest BCUT2D eigenvalue weighted by Crippen LogP contribution is -2.41. The molecule has 5 heteroatoms. The number of esters is 1. The minimum absolute atomic E-state index is 0.271. The van der Waals surface area contributed by atoms with Crippen LogP contribution in [0.5, 0.6) is 0 Å². The van der Waals surface area contributed by atoms with Gasteiger partial charge in [-0.15, -0.1) is 0 Å². The van der Waals surface area contributed by atoms with E-state index in [-0.39, 0.29) is 5.91 Å². The van der Waals surface area contributed by atoms with Crippen molar-refractivity contribution in [3.8, 4) is 0 Å². The van der Waals surface area contributed by atoms with Gasteiger partial charge < -0.3 is 10.1 Å². The zero-order chi connectivity index (χ0) is 16.1. The van der Waals surface area contributed by atoms with Crippen molar-refractivity contribution in [1.82, 2.24) is 5.32 Å². The molecule has 116 valence electrons. The third-order valence-corrected chi connectivity index (χ3v) is 4.18. The molecule has 0 aliphatic carbocycles. The lowest BCUT2D eigenvalue weighted by Gasteiger charge is -2.16. The quantitative estimate of drug-likeness (QED) is 0.824. The molecule has 22 heavy (non-hydrogen) atoms. The van der Waals surface area contributed by atoms with Crippen LogP contribution < -0.4 is 5.32 Å². The van der Waals surface area contributed by atoms with Crippen molar-refractivity contribution in [3.63, 3.8) is 0 Å². The second kappa shape index (κ2) is 7.40. The Balaban J connectivity index is 2.33. The monoisotopic (exact) mass is 363 g/mol. The highest BCUT2D eigenvalue weighted by molar-refractivity contribution is 9.10. The highest BCUT2D eigenvalue weighted by Crippen LogP contribution is 2.26. The molecule has 2 rings (SSSR count). The number of hydrogen-bond donors (Lipinski definition) is 1. The van der Waals surface area contributed by atoms with Crippen molar-refractivity contribution in [2.75, 3.05) is 7.11 Å². The molecule has 2 aromatic carbocycles. The largest absolute Gasteiger partial charge is 0.467 e. The van der Waals surface area contributed by atoms with Gasteiger partial charge in [-0.05, 0) is 29.3 Å². The number of ether oxygens (including phenoxy) is 1. The van der Waals surface area contributed by atoms with E-state index >= 15 is 0 Å². The molecule has 0 aliphatic rings.